The van der Waals surface area contributed by atoms with Gasteiger partial charge in [0.1, 0.15) is 0 Å². The smallest absolute Gasteiger partial charge is 0.279 e. The minimum Gasteiger partial charge on any atom is -0.370 e. The second kappa shape index (κ2) is 11.0. The summed E-state index contributed by atoms with van der Waals surface area (Å²) in [7, 11) is -1.66. The number of likely N-dealkylation sites (tertiary alicyclic amines) is 1. The molecule has 1 atom stereocenters. The third kappa shape index (κ3) is 5.94. The van der Waals surface area contributed by atoms with Gasteiger partial charge in [-0.05, 0) is 50.7 Å². The number of halogens is 2. The van der Waals surface area contributed by atoms with E-state index in [0.29, 0.717) is 48.9 Å². The van der Waals surface area contributed by atoms with E-state index in [1.165, 1.54) is 4.31 Å². The molecule has 1 unspecified atom stereocenters. The summed E-state index contributed by atoms with van der Waals surface area (Å²) < 4.78 is 31.9. The van der Waals surface area contributed by atoms with Gasteiger partial charge in [0.2, 0.25) is 0 Å². The maximum atomic E-state index is 12.9. The Labute approximate surface area is 217 Å². The zero-order valence-corrected chi connectivity index (χ0v) is 22.2. The van der Waals surface area contributed by atoms with Crippen LogP contribution in [0, 0.1) is 5.41 Å². The third-order valence-electron chi connectivity index (χ3n) is 7.05. The second-order valence-corrected chi connectivity index (χ2v) is 11.8. The third-order valence-corrected chi connectivity index (χ3v) is 9.49. The van der Waals surface area contributed by atoms with Gasteiger partial charge in [0, 0.05) is 56.4 Å². The molecule has 2 fully saturated rings. The highest BCUT2D eigenvalue weighted by Crippen LogP contribution is 2.36. The van der Waals surface area contributed by atoms with Crippen LogP contribution in [0.3, 0.4) is 0 Å². The topological polar surface area (TPSA) is 120 Å². The Bertz CT molecular complexity index is 1160. The normalized spacial score (nSPS) is 20.3. The van der Waals surface area contributed by atoms with Crippen molar-refractivity contribution in [3.63, 3.8) is 0 Å². The SMILES string of the molecule is Cn1nc(-c2cccc(Cl)c2Cl)cc1C1CCN(S(=O)(=O)NCCC2CCCCN2C(=N)N)CC1. The first-order valence-electron chi connectivity index (χ1n) is 12.0. The molecule has 9 nitrogen and oxygen atoms in total. The molecule has 35 heavy (non-hydrogen) atoms. The second-order valence-electron chi connectivity index (χ2n) is 9.27. The molecule has 0 saturated carbocycles. The molecule has 0 spiro atoms. The Hall–Kier alpha value is -1.85. The Morgan fingerprint density at radius 1 is 1.20 bits per heavy atom. The van der Waals surface area contributed by atoms with Crippen molar-refractivity contribution in [1.82, 2.24) is 23.7 Å². The van der Waals surface area contributed by atoms with Crippen LogP contribution >= 0.6 is 23.2 Å². The number of guanidine groups is 1. The van der Waals surface area contributed by atoms with Crippen molar-refractivity contribution in [3.8, 4) is 11.3 Å². The van der Waals surface area contributed by atoms with Crippen molar-refractivity contribution in [2.45, 2.75) is 50.5 Å². The summed E-state index contributed by atoms with van der Waals surface area (Å²) >= 11 is 12.5. The highest BCUT2D eigenvalue weighted by Gasteiger charge is 2.31. The van der Waals surface area contributed by atoms with E-state index < -0.39 is 10.2 Å². The molecule has 2 aliphatic rings. The molecule has 2 saturated heterocycles. The molecule has 2 aromatic rings. The van der Waals surface area contributed by atoms with Gasteiger partial charge in [-0.25, -0.2) is 4.72 Å². The molecule has 1 aromatic heterocycles. The standard InChI is InChI=1S/C23H33Cl2N7O2S/c1-30-21(15-20(29-30)18-6-4-7-19(24)22(18)25)16-9-13-31(14-10-16)35(33,34)28-11-8-17-5-2-3-12-32(17)23(26)27/h4,6-7,15-17,28H,2-3,5,8-14H2,1H3,(H3,26,27). The Balaban J connectivity index is 1.33. The molecule has 0 bridgehead atoms. The molecule has 4 N–H and O–H groups in total. The molecule has 0 aliphatic carbocycles. The number of benzene rings is 1. The van der Waals surface area contributed by atoms with E-state index in [1.54, 1.807) is 6.07 Å². The fraction of sp³-hybridized carbons (Fsp3) is 0.565. The van der Waals surface area contributed by atoms with Gasteiger partial charge in [0.05, 0.1) is 15.7 Å². The van der Waals surface area contributed by atoms with Crippen LogP contribution in [0.15, 0.2) is 24.3 Å². The number of hydrogen-bond donors (Lipinski definition) is 3. The molecule has 0 radical (unpaired) electrons. The monoisotopic (exact) mass is 541 g/mol. The van der Waals surface area contributed by atoms with Gasteiger partial charge in [0.15, 0.2) is 5.96 Å². The van der Waals surface area contributed by atoms with Gasteiger partial charge in [-0.3, -0.25) is 10.1 Å². The molecule has 3 heterocycles. The van der Waals surface area contributed by atoms with Crippen molar-refractivity contribution in [2.75, 3.05) is 26.2 Å². The molecule has 0 amide bonds. The molecule has 192 valence electrons. The van der Waals surface area contributed by atoms with E-state index in [9.17, 15) is 8.42 Å². The summed E-state index contributed by atoms with van der Waals surface area (Å²) in [4.78, 5) is 1.88. The van der Waals surface area contributed by atoms with Crippen molar-refractivity contribution in [1.29, 1.82) is 5.41 Å². The van der Waals surface area contributed by atoms with Gasteiger partial charge in [-0.15, -0.1) is 0 Å². The summed E-state index contributed by atoms with van der Waals surface area (Å²) in [5.41, 5.74) is 8.30. The molecule has 12 heteroatoms. The summed E-state index contributed by atoms with van der Waals surface area (Å²) in [5, 5.41) is 13.3. The van der Waals surface area contributed by atoms with Crippen molar-refractivity contribution in [3.05, 3.63) is 40.0 Å². The lowest BCUT2D eigenvalue weighted by atomic mass is 9.94. The average molecular weight is 543 g/mol. The van der Waals surface area contributed by atoms with Crippen LogP contribution < -0.4 is 10.5 Å². The van der Waals surface area contributed by atoms with Crippen LogP contribution in [0.5, 0.6) is 0 Å². The first-order valence-corrected chi connectivity index (χ1v) is 14.2. The van der Waals surface area contributed by atoms with Crippen molar-refractivity contribution < 1.29 is 8.42 Å². The average Bonchev–Trinajstić information content (AvgIpc) is 3.22. The van der Waals surface area contributed by atoms with Crippen LogP contribution in [0.1, 0.15) is 50.1 Å². The van der Waals surface area contributed by atoms with Crippen LogP contribution in [0.25, 0.3) is 11.3 Å². The summed E-state index contributed by atoms with van der Waals surface area (Å²) in [6, 6.07) is 7.62. The predicted molar refractivity (Wildman–Crippen MR) is 140 cm³/mol. The predicted octanol–water partition coefficient (Wildman–Crippen LogP) is 3.55. The van der Waals surface area contributed by atoms with Crippen molar-refractivity contribution in [2.24, 2.45) is 12.8 Å². The van der Waals surface area contributed by atoms with Crippen molar-refractivity contribution >= 4 is 39.4 Å². The van der Waals surface area contributed by atoms with E-state index in [4.69, 9.17) is 34.3 Å². The maximum absolute atomic E-state index is 12.9. The highest BCUT2D eigenvalue weighted by molar-refractivity contribution is 7.87. The van der Waals surface area contributed by atoms with E-state index in [-0.39, 0.29) is 17.9 Å². The number of aryl methyl sites for hydroxylation is 1. The summed E-state index contributed by atoms with van der Waals surface area (Å²) in [6.07, 6.45) is 5.09. The van der Waals surface area contributed by atoms with Crippen LogP contribution in [0.2, 0.25) is 10.0 Å². The van der Waals surface area contributed by atoms with Crippen LogP contribution in [0.4, 0.5) is 0 Å². The number of aromatic nitrogens is 2. The summed E-state index contributed by atoms with van der Waals surface area (Å²) in [6.45, 7) is 1.99. The van der Waals surface area contributed by atoms with E-state index >= 15 is 0 Å². The quantitative estimate of drug-likeness (QED) is 0.365. The molecular formula is C23H33Cl2N7O2S. The van der Waals surface area contributed by atoms with Gasteiger partial charge < -0.3 is 10.6 Å². The lowest BCUT2D eigenvalue weighted by Crippen LogP contribution is -2.49. The zero-order chi connectivity index (χ0) is 25.2. The fourth-order valence-corrected chi connectivity index (χ4v) is 6.80. The number of nitrogens with two attached hydrogens (primary N) is 1. The molecule has 1 aromatic carbocycles. The maximum Gasteiger partial charge on any atom is 0.279 e. The van der Waals surface area contributed by atoms with Gasteiger partial charge >= 0.3 is 0 Å². The van der Waals surface area contributed by atoms with Gasteiger partial charge in [-0.1, -0.05) is 35.3 Å². The Morgan fingerprint density at radius 3 is 2.66 bits per heavy atom. The lowest BCUT2D eigenvalue weighted by molar-refractivity contribution is 0.226. The highest BCUT2D eigenvalue weighted by atomic mass is 35.5. The minimum atomic E-state index is -3.56. The number of piperidine rings is 2. The van der Waals surface area contributed by atoms with Crippen LogP contribution in [-0.4, -0.2) is 65.6 Å². The van der Waals surface area contributed by atoms with E-state index in [1.807, 2.05) is 34.8 Å². The lowest BCUT2D eigenvalue weighted by Gasteiger charge is -2.36. The first kappa shape index (κ1) is 26.2. The Morgan fingerprint density at radius 2 is 1.94 bits per heavy atom. The van der Waals surface area contributed by atoms with E-state index in [0.717, 1.165) is 42.8 Å². The fourth-order valence-electron chi connectivity index (χ4n) is 5.15. The largest absolute Gasteiger partial charge is 0.370 e. The number of nitrogens with one attached hydrogen (secondary N) is 2. The molecular weight excluding hydrogens is 509 g/mol. The van der Waals surface area contributed by atoms with E-state index in [2.05, 4.69) is 9.82 Å². The molecule has 4 rings (SSSR count). The van der Waals surface area contributed by atoms with Crippen LogP contribution in [-0.2, 0) is 17.3 Å². The van der Waals surface area contributed by atoms with Gasteiger partial charge in [0.25, 0.3) is 10.2 Å². The Kier molecular flexibility index (Phi) is 8.27. The van der Waals surface area contributed by atoms with Gasteiger partial charge in [-0.2, -0.15) is 17.8 Å². The number of hydrogen-bond acceptors (Lipinski definition) is 4. The number of rotatable bonds is 7. The first-order chi connectivity index (χ1) is 16.7. The number of nitrogens with zero attached hydrogens (tertiary/aromatic N) is 4. The summed E-state index contributed by atoms with van der Waals surface area (Å²) in [5.74, 6) is 0.271. The molecule has 2 aliphatic heterocycles. The minimum absolute atomic E-state index is 0.0654. The zero-order valence-electron chi connectivity index (χ0n) is 19.9.